The average molecular weight is 349 g/mol. The lowest BCUT2D eigenvalue weighted by Crippen LogP contribution is -2.41. The van der Waals surface area contributed by atoms with Crippen molar-refractivity contribution in [1.82, 2.24) is 4.90 Å². The number of rotatable bonds is 4. The Morgan fingerprint density at radius 1 is 1.08 bits per heavy atom. The molecule has 0 spiro atoms. The molecule has 1 aliphatic carbocycles. The van der Waals surface area contributed by atoms with Gasteiger partial charge in [-0.15, -0.1) is 0 Å². The SMILES string of the molecule is CC1(C)[C@@H](C(=O)N2C(=O)OC[C@@H]2Cc2ccccc2)[C@@H]1c1ccccc1. The van der Waals surface area contributed by atoms with Crippen molar-refractivity contribution in [2.45, 2.75) is 32.2 Å². The summed E-state index contributed by atoms with van der Waals surface area (Å²) in [6, 6.07) is 19.8. The molecule has 1 saturated heterocycles. The van der Waals surface area contributed by atoms with Crippen molar-refractivity contribution in [3.05, 3.63) is 71.8 Å². The second-order valence-corrected chi connectivity index (χ2v) is 7.82. The maximum absolute atomic E-state index is 13.2. The lowest BCUT2D eigenvalue weighted by atomic mass is 10.0. The van der Waals surface area contributed by atoms with E-state index in [0.717, 1.165) is 11.1 Å². The van der Waals surface area contributed by atoms with E-state index in [2.05, 4.69) is 26.0 Å². The minimum absolute atomic E-state index is 0.104. The summed E-state index contributed by atoms with van der Waals surface area (Å²) < 4.78 is 5.22. The molecule has 0 radical (unpaired) electrons. The van der Waals surface area contributed by atoms with Crippen LogP contribution in [0, 0.1) is 11.3 Å². The first-order valence-corrected chi connectivity index (χ1v) is 9.09. The Morgan fingerprint density at radius 3 is 2.35 bits per heavy atom. The van der Waals surface area contributed by atoms with Crippen molar-refractivity contribution in [2.24, 2.45) is 11.3 Å². The second-order valence-electron chi connectivity index (χ2n) is 7.82. The molecule has 2 aromatic carbocycles. The van der Waals surface area contributed by atoms with E-state index in [0.29, 0.717) is 6.42 Å². The number of carbonyl (C=O) groups excluding carboxylic acids is 2. The Hall–Kier alpha value is -2.62. The van der Waals surface area contributed by atoms with Crippen LogP contribution in [0.2, 0.25) is 0 Å². The van der Waals surface area contributed by atoms with Crippen LogP contribution in [0.25, 0.3) is 0 Å². The van der Waals surface area contributed by atoms with Crippen LogP contribution in [0.4, 0.5) is 4.79 Å². The fourth-order valence-electron chi connectivity index (χ4n) is 4.30. The number of benzene rings is 2. The monoisotopic (exact) mass is 349 g/mol. The molecular weight excluding hydrogens is 326 g/mol. The highest BCUT2D eigenvalue weighted by Gasteiger charge is 2.64. The summed E-state index contributed by atoms with van der Waals surface area (Å²) in [4.78, 5) is 26.9. The van der Waals surface area contributed by atoms with Crippen LogP contribution in [0.5, 0.6) is 0 Å². The lowest BCUT2D eigenvalue weighted by Gasteiger charge is -2.20. The van der Waals surface area contributed by atoms with Crippen molar-refractivity contribution in [1.29, 1.82) is 0 Å². The average Bonchev–Trinajstić information content (AvgIpc) is 3.04. The van der Waals surface area contributed by atoms with Gasteiger partial charge in [-0.3, -0.25) is 4.79 Å². The van der Waals surface area contributed by atoms with Gasteiger partial charge in [-0.05, 0) is 23.0 Å². The molecule has 1 aliphatic heterocycles. The highest BCUT2D eigenvalue weighted by Crippen LogP contribution is 2.65. The largest absolute Gasteiger partial charge is 0.447 e. The normalized spacial score (nSPS) is 26.5. The van der Waals surface area contributed by atoms with Gasteiger partial charge in [0.15, 0.2) is 0 Å². The van der Waals surface area contributed by atoms with E-state index >= 15 is 0 Å². The van der Waals surface area contributed by atoms with Gasteiger partial charge in [-0.2, -0.15) is 0 Å². The lowest BCUT2D eigenvalue weighted by molar-refractivity contribution is -0.131. The smallest absolute Gasteiger partial charge is 0.416 e. The summed E-state index contributed by atoms with van der Waals surface area (Å²) in [6.45, 7) is 4.46. The van der Waals surface area contributed by atoms with Crippen LogP contribution in [-0.2, 0) is 16.0 Å². The summed E-state index contributed by atoms with van der Waals surface area (Å²) in [7, 11) is 0. The van der Waals surface area contributed by atoms with Crippen LogP contribution >= 0.6 is 0 Å². The summed E-state index contributed by atoms with van der Waals surface area (Å²) >= 11 is 0. The van der Waals surface area contributed by atoms with Crippen molar-refractivity contribution < 1.29 is 14.3 Å². The molecule has 26 heavy (non-hydrogen) atoms. The van der Waals surface area contributed by atoms with Gasteiger partial charge in [-0.1, -0.05) is 74.5 Å². The summed E-state index contributed by atoms with van der Waals surface area (Å²) in [5.74, 6) is -0.150. The molecular formula is C22H23NO3. The van der Waals surface area contributed by atoms with E-state index < -0.39 is 6.09 Å². The van der Waals surface area contributed by atoms with Gasteiger partial charge in [0.1, 0.15) is 6.61 Å². The molecule has 1 heterocycles. The van der Waals surface area contributed by atoms with Gasteiger partial charge in [0.25, 0.3) is 0 Å². The predicted octanol–water partition coefficient (Wildman–Crippen LogP) is 4.02. The molecule has 0 N–H and O–H groups in total. The highest BCUT2D eigenvalue weighted by molar-refractivity contribution is 5.97. The van der Waals surface area contributed by atoms with Crippen molar-refractivity contribution >= 4 is 12.0 Å². The minimum atomic E-state index is -0.509. The Balaban J connectivity index is 1.55. The predicted molar refractivity (Wildman–Crippen MR) is 98.6 cm³/mol. The molecule has 2 aliphatic rings. The second kappa shape index (κ2) is 6.27. The minimum Gasteiger partial charge on any atom is -0.447 e. The Kier molecular flexibility index (Phi) is 4.06. The zero-order valence-electron chi connectivity index (χ0n) is 15.1. The zero-order valence-corrected chi connectivity index (χ0v) is 15.1. The van der Waals surface area contributed by atoms with E-state index in [1.54, 1.807) is 0 Å². The first-order chi connectivity index (χ1) is 12.5. The molecule has 4 nitrogen and oxygen atoms in total. The Labute approximate surface area is 153 Å². The van der Waals surface area contributed by atoms with Gasteiger partial charge < -0.3 is 4.74 Å². The molecule has 4 heteroatoms. The van der Waals surface area contributed by atoms with E-state index in [9.17, 15) is 9.59 Å². The first kappa shape index (κ1) is 16.8. The summed E-state index contributed by atoms with van der Waals surface area (Å²) in [6.07, 6.45) is 0.118. The number of hydrogen-bond acceptors (Lipinski definition) is 3. The van der Waals surface area contributed by atoms with Gasteiger partial charge >= 0.3 is 6.09 Å². The number of amides is 2. The number of carbonyl (C=O) groups is 2. The quantitative estimate of drug-likeness (QED) is 0.838. The number of ether oxygens (including phenoxy) is 1. The van der Waals surface area contributed by atoms with Gasteiger partial charge in [0.2, 0.25) is 5.91 Å². The number of nitrogens with zero attached hydrogens (tertiary/aromatic N) is 1. The topological polar surface area (TPSA) is 46.6 Å². The molecule has 1 saturated carbocycles. The molecule has 2 aromatic rings. The molecule has 2 amide bonds. The Morgan fingerprint density at radius 2 is 1.69 bits per heavy atom. The molecule has 3 atom stereocenters. The third-order valence-electron chi connectivity index (χ3n) is 5.76. The molecule has 2 fully saturated rings. The molecule has 134 valence electrons. The van der Waals surface area contributed by atoms with Crippen LogP contribution in [0.3, 0.4) is 0 Å². The third-order valence-corrected chi connectivity index (χ3v) is 5.76. The van der Waals surface area contributed by atoms with Crippen LogP contribution in [0.1, 0.15) is 30.9 Å². The van der Waals surface area contributed by atoms with E-state index in [1.807, 2.05) is 48.5 Å². The van der Waals surface area contributed by atoms with Crippen molar-refractivity contribution in [3.8, 4) is 0 Å². The number of hydrogen-bond donors (Lipinski definition) is 0. The van der Waals surface area contributed by atoms with Gasteiger partial charge in [-0.25, -0.2) is 9.69 Å². The highest BCUT2D eigenvalue weighted by atomic mass is 16.6. The Bertz CT molecular complexity index is 816. The summed E-state index contributed by atoms with van der Waals surface area (Å²) in [5.41, 5.74) is 2.10. The van der Waals surface area contributed by atoms with Crippen LogP contribution in [-0.4, -0.2) is 29.5 Å². The number of imide groups is 1. The van der Waals surface area contributed by atoms with Crippen molar-refractivity contribution in [2.75, 3.05) is 6.61 Å². The fourth-order valence-corrected chi connectivity index (χ4v) is 4.30. The molecule has 0 unspecified atom stereocenters. The molecule has 0 bridgehead atoms. The van der Waals surface area contributed by atoms with Gasteiger partial charge in [0, 0.05) is 5.92 Å². The summed E-state index contributed by atoms with van der Waals surface area (Å²) in [5, 5.41) is 0. The molecule has 0 aromatic heterocycles. The number of cyclic esters (lactones) is 1. The van der Waals surface area contributed by atoms with E-state index in [-0.39, 0.29) is 35.8 Å². The van der Waals surface area contributed by atoms with Crippen LogP contribution < -0.4 is 0 Å². The van der Waals surface area contributed by atoms with Crippen LogP contribution in [0.15, 0.2) is 60.7 Å². The first-order valence-electron chi connectivity index (χ1n) is 9.09. The zero-order chi connectivity index (χ0) is 18.3. The van der Waals surface area contributed by atoms with Gasteiger partial charge in [0.05, 0.1) is 12.0 Å². The maximum atomic E-state index is 13.2. The fraction of sp³-hybridized carbons (Fsp3) is 0.364. The standard InChI is InChI=1S/C22H23NO3/c1-22(2)18(16-11-7-4-8-12-16)19(22)20(24)23-17(14-26-21(23)25)13-15-9-5-3-6-10-15/h3-12,17-19H,13-14H2,1-2H3/t17-,18-,19+/m0/s1. The third kappa shape index (κ3) is 2.79. The van der Waals surface area contributed by atoms with E-state index in [4.69, 9.17) is 4.74 Å². The maximum Gasteiger partial charge on any atom is 0.416 e. The molecule has 4 rings (SSSR count). The van der Waals surface area contributed by atoms with Crippen molar-refractivity contribution in [3.63, 3.8) is 0 Å². The van der Waals surface area contributed by atoms with E-state index in [1.165, 1.54) is 4.90 Å².